The number of fused-ring (bicyclic) bond motifs is 12. The Balaban J connectivity index is 0.000000122. The molecule has 0 aliphatic carbocycles. The summed E-state index contributed by atoms with van der Waals surface area (Å²) in [7, 11) is 0. The van der Waals surface area contributed by atoms with Gasteiger partial charge in [0, 0.05) is 0 Å². The highest BCUT2D eigenvalue weighted by molar-refractivity contribution is 6.26. The van der Waals surface area contributed by atoms with E-state index in [0.717, 1.165) is 0 Å². The Morgan fingerprint density at radius 1 is 0.139 bits per heavy atom. The van der Waals surface area contributed by atoms with Crippen molar-refractivity contribution < 1.29 is 0 Å². The van der Waals surface area contributed by atoms with Crippen molar-refractivity contribution in [1.29, 1.82) is 0 Å². The van der Waals surface area contributed by atoms with E-state index >= 15 is 0 Å². The Kier molecular flexibility index (Phi) is 4.89. The fourth-order valence-corrected chi connectivity index (χ4v) is 5.72. The van der Waals surface area contributed by atoms with E-state index in [4.69, 9.17) is 0 Å². The molecule has 0 heterocycles. The minimum atomic E-state index is 1.34. The third kappa shape index (κ3) is 3.23. The van der Waals surface area contributed by atoms with Crippen LogP contribution in [0.4, 0.5) is 0 Å². The first-order valence-corrected chi connectivity index (χ1v) is 12.5. The van der Waals surface area contributed by atoms with Gasteiger partial charge in [0.2, 0.25) is 0 Å². The van der Waals surface area contributed by atoms with Crippen LogP contribution in [-0.4, -0.2) is 0 Å². The van der Waals surface area contributed by atoms with Crippen molar-refractivity contribution in [2.45, 2.75) is 0 Å². The van der Waals surface area contributed by atoms with E-state index in [0.29, 0.717) is 0 Å². The maximum absolute atomic E-state index is 2.21. The molecule has 0 saturated carbocycles. The molecule has 0 aliphatic rings. The van der Waals surface area contributed by atoms with Crippen LogP contribution in [0.15, 0.2) is 146 Å². The van der Waals surface area contributed by atoms with Gasteiger partial charge in [-0.15, -0.1) is 0 Å². The van der Waals surface area contributed by atoms with Gasteiger partial charge in [-0.2, -0.15) is 0 Å². The SMILES string of the molecule is c1ccc2c(c1)c1ccccc1c1ccccc21.c1ccc2c(c1)c1ccccc1c1ccccc21. The van der Waals surface area contributed by atoms with Crippen LogP contribution in [0.25, 0.3) is 64.6 Å². The number of benzene rings is 8. The van der Waals surface area contributed by atoms with Crippen molar-refractivity contribution in [3.05, 3.63) is 146 Å². The molecule has 8 aromatic rings. The second kappa shape index (κ2) is 8.52. The summed E-state index contributed by atoms with van der Waals surface area (Å²) in [4.78, 5) is 0. The minimum absolute atomic E-state index is 1.34. The molecular formula is C36H24. The van der Waals surface area contributed by atoms with Gasteiger partial charge in [-0.05, 0) is 64.6 Å². The molecule has 0 bridgehead atoms. The minimum Gasteiger partial charge on any atom is -0.0616 e. The topological polar surface area (TPSA) is 0 Å². The lowest BCUT2D eigenvalue weighted by Gasteiger charge is -2.09. The summed E-state index contributed by atoms with van der Waals surface area (Å²) in [6.45, 7) is 0. The predicted octanol–water partition coefficient (Wildman–Crippen LogP) is 10.3. The highest BCUT2D eigenvalue weighted by Crippen LogP contribution is 2.35. The average molecular weight is 457 g/mol. The first-order chi connectivity index (χ1) is 17.9. The molecule has 8 aromatic carbocycles. The number of hydrogen-bond acceptors (Lipinski definition) is 0. The van der Waals surface area contributed by atoms with Gasteiger partial charge in [0.15, 0.2) is 0 Å². The maximum atomic E-state index is 2.21. The first-order valence-electron chi connectivity index (χ1n) is 12.5. The molecule has 0 nitrogen and oxygen atoms in total. The zero-order valence-electron chi connectivity index (χ0n) is 19.9. The van der Waals surface area contributed by atoms with Gasteiger partial charge in [0.1, 0.15) is 0 Å². The summed E-state index contributed by atoms with van der Waals surface area (Å²) in [5.41, 5.74) is 0. The first kappa shape index (κ1) is 20.7. The Labute approximate surface area is 210 Å². The second-order valence-corrected chi connectivity index (χ2v) is 9.27. The van der Waals surface area contributed by atoms with Gasteiger partial charge >= 0.3 is 0 Å². The van der Waals surface area contributed by atoms with E-state index in [-0.39, 0.29) is 0 Å². The van der Waals surface area contributed by atoms with Gasteiger partial charge in [-0.25, -0.2) is 0 Å². The number of hydrogen-bond donors (Lipinski definition) is 0. The molecule has 0 fully saturated rings. The lowest BCUT2D eigenvalue weighted by molar-refractivity contribution is 1.77. The van der Waals surface area contributed by atoms with E-state index in [1.54, 1.807) is 0 Å². The van der Waals surface area contributed by atoms with Crippen LogP contribution >= 0.6 is 0 Å². The normalized spacial score (nSPS) is 11.3. The standard InChI is InChI=1S/2C18H12/c2*1-2-8-14-13(7-1)15-9-3-4-11-17(15)18-12-6-5-10-16(14)18/h2*1-12H. The molecule has 0 aliphatic heterocycles. The Bertz CT molecular complexity index is 1450. The van der Waals surface area contributed by atoms with Gasteiger partial charge in [0.25, 0.3) is 0 Å². The third-order valence-corrected chi connectivity index (χ3v) is 7.30. The Morgan fingerprint density at radius 2 is 0.222 bits per heavy atom. The van der Waals surface area contributed by atoms with Gasteiger partial charge in [0.05, 0.1) is 0 Å². The molecular weight excluding hydrogens is 432 g/mol. The van der Waals surface area contributed by atoms with Crippen molar-refractivity contribution >= 4 is 64.6 Å². The smallest absolute Gasteiger partial charge is 0.00990 e. The molecule has 0 saturated heterocycles. The molecule has 36 heavy (non-hydrogen) atoms. The number of rotatable bonds is 0. The molecule has 0 N–H and O–H groups in total. The lowest BCUT2D eigenvalue weighted by Crippen LogP contribution is -1.81. The monoisotopic (exact) mass is 456 g/mol. The molecule has 0 spiro atoms. The fraction of sp³-hybridized carbons (Fsp3) is 0. The van der Waals surface area contributed by atoms with Crippen LogP contribution in [0.2, 0.25) is 0 Å². The Morgan fingerprint density at radius 3 is 0.306 bits per heavy atom. The van der Waals surface area contributed by atoms with E-state index in [2.05, 4.69) is 146 Å². The summed E-state index contributed by atoms with van der Waals surface area (Å²) in [5.74, 6) is 0. The van der Waals surface area contributed by atoms with Crippen molar-refractivity contribution in [3.8, 4) is 0 Å². The molecule has 0 heteroatoms. The molecule has 0 unspecified atom stereocenters. The molecule has 0 aromatic heterocycles. The third-order valence-electron chi connectivity index (χ3n) is 7.30. The molecule has 8 rings (SSSR count). The molecule has 0 amide bonds. The highest BCUT2D eigenvalue weighted by Gasteiger charge is 2.07. The van der Waals surface area contributed by atoms with E-state index < -0.39 is 0 Å². The van der Waals surface area contributed by atoms with Crippen LogP contribution in [0.5, 0.6) is 0 Å². The fourth-order valence-electron chi connectivity index (χ4n) is 5.72. The van der Waals surface area contributed by atoms with Crippen molar-refractivity contribution in [1.82, 2.24) is 0 Å². The van der Waals surface area contributed by atoms with Crippen LogP contribution in [0, 0.1) is 0 Å². The summed E-state index contributed by atoms with van der Waals surface area (Å²) in [6.07, 6.45) is 0. The lowest BCUT2D eigenvalue weighted by atomic mass is 9.95. The Hall–Kier alpha value is -4.68. The zero-order valence-corrected chi connectivity index (χ0v) is 19.9. The maximum Gasteiger partial charge on any atom is -0.00990 e. The molecule has 168 valence electrons. The van der Waals surface area contributed by atoms with Crippen molar-refractivity contribution in [3.63, 3.8) is 0 Å². The van der Waals surface area contributed by atoms with E-state index in [1.807, 2.05) is 0 Å². The summed E-state index contributed by atoms with van der Waals surface area (Å²) >= 11 is 0. The van der Waals surface area contributed by atoms with E-state index in [9.17, 15) is 0 Å². The van der Waals surface area contributed by atoms with Crippen LogP contribution in [-0.2, 0) is 0 Å². The summed E-state index contributed by atoms with van der Waals surface area (Å²) in [5, 5.41) is 16.1. The van der Waals surface area contributed by atoms with Crippen LogP contribution < -0.4 is 0 Å². The highest BCUT2D eigenvalue weighted by atomic mass is 14.1. The van der Waals surface area contributed by atoms with Crippen LogP contribution in [0.1, 0.15) is 0 Å². The second-order valence-electron chi connectivity index (χ2n) is 9.27. The van der Waals surface area contributed by atoms with Crippen molar-refractivity contribution in [2.24, 2.45) is 0 Å². The average Bonchev–Trinajstić information content (AvgIpc) is 2.98. The van der Waals surface area contributed by atoms with E-state index in [1.165, 1.54) is 64.6 Å². The van der Waals surface area contributed by atoms with Gasteiger partial charge < -0.3 is 0 Å². The largest absolute Gasteiger partial charge is 0.0616 e. The summed E-state index contributed by atoms with van der Waals surface area (Å²) in [6, 6.07) is 51.9. The molecule has 0 radical (unpaired) electrons. The van der Waals surface area contributed by atoms with Crippen LogP contribution in [0.3, 0.4) is 0 Å². The zero-order chi connectivity index (χ0) is 23.9. The summed E-state index contributed by atoms with van der Waals surface area (Å²) < 4.78 is 0. The molecule has 0 atom stereocenters. The predicted molar refractivity (Wildman–Crippen MR) is 158 cm³/mol. The van der Waals surface area contributed by atoms with Gasteiger partial charge in [-0.3, -0.25) is 0 Å². The van der Waals surface area contributed by atoms with Gasteiger partial charge in [-0.1, -0.05) is 146 Å². The van der Waals surface area contributed by atoms with Crippen molar-refractivity contribution in [2.75, 3.05) is 0 Å². The quantitative estimate of drug-likeness (QED) is 0.199.